The summed E-state index contributed by atoms with van der Waals surface area (Å²) in [5, 5.41) is 0. The number of benzene rings is 1. The molecule has 0 unspecified atom stereocenters. The van der Waals surface area contributed by atoms with E-state index in [9.17, 15) is 18.0 Å². The number of carbonyl (C=O) groups excluding carboxylic acids is 2. The van der Waals surface area contributed by atoms with Crippen LogP contribution in [-0.2, 0) is 19.7 Å². The van der Waals surface area contributed by atoms with Gasteiger partial charge >= 0.3 is 0 Å². The lowest BCUT2D eigenvalue weighted by molar-refractivity contribution is -0.888. The summed E-state index contributed by atoms with van der Waals surface area (Å²) in [5.74, 6) is 0.00334. The summed E-state index contributed by atoms with van der Waals surface area (Å²) in [4.78, 5) is 24.0. The van der Waals surface area contributed by atoms with Crippen molar-refractivity contribution in [1.29, 1.82) is 0 Å². The number of hydrogen-bond acceptors (Lipinski definition) is 4. The number of rotatable bonds is 6. The van der Waals surface area contributed by atoms with Crippen LogP contribution in [0.15, 0.2) is 29.2 Å². The molecule has 2 amide bonds. The van der Waals surface area contributed by atoms with E-state index in [1.54, 1.807) is 12.1 Å². The van der Waals surface area contributed by atoms with Crippen LogP contribution in [-0.4, -0.2) is 67.9 Å². The Bertz CT molecular complexity index is 710. The van der Waals surface area contributed by atoms with Crippen LogP contribution in [0.25, 0.3) is 0 Å². The van der Waals surface area contributed by atoms with E-state index in [0.717, 1.165) is 29.6 Å². The summed E-state index contributed by atoms with van der Waals surface area (Å²) >= 11 is 0. The Morgan fingerprint density at radius 2 is 1.58 bits per heavy atom. The van der Waals surface area contributed by atoms with Gasteiger partial charge in [-0.1, -0.05) is 17.7 Å². The van der Waals surface area contributed by atoms with Crippen molar-refractivity contribution in [3.63, 3.8) is 0 Å². The van der Waals surface area contributed by atoms with Crippen molar-refractivity contribution in [2.45, 2.75) is 38.0 Å². The highest BCUT2D eigenvalue weighted by atomic mass is 32.2. The summed E-state index contributed by atoms with van der Waals surface area (Å²) in [6.45, 7) is 6.66. The first-order chi connectivity index (χ1) is 12.0. The first kappa shape index (κ1) is 22.3. The molecule has 26 heavy (non-hydrogen) atoms. The van der Waals surface area contributed by atoms with Crippen LogP contribution in [0.3, 0.4) is 0 Å². The number of nitrogens with zero attached hydrogens (tertiary/aromatic N) is 2. The molecule has 0 saturated carbocycles. The topological polar surface area (TPSA) is 91.8 Å². The number of hydrogen-bond donors (Lipinski definition) is 1. The first-order valence-corrected chi connectivity index (χ1v) is 10.1. The number of quaternary nitrogens is 1. The Hall–Kier alpha value is -1.77. The quantitative estimate of drug-likeness (QED) is 0.458. The van der Waals surface area contributed by atoms with E-state index in [1.807, 2.05) is 6.92 Å². The van der Waals surface area contributed by atoms with E-state index in [-0.39, 0.29) is 16.7 Å². The SMILES string of the molecule is CC[N+](C)(C)CCCN1C(=O)CCC1=O.Cc1ccc(S(=O)(=O)O)cc1. The summed E-state index contributed by atoms with van der Waals surface area (Å²) in [5.41, 5.74) is 0.956. The Labute approximate surface area is 155 Å². The lowest BCUT2D eigenvalue weighted by atomic mass is 10.2. The molecule has 146 valence electrons. The predicted octanol–water partition coefficient (Wildman–Crippen LogP) is 1.86. The van der Waals surface area contributed by atoms with E-state index in [4.69, 9.17) is 4.55 Å². The van der Waals surface area contributed by atoms with Crippen molar-refractivity contribution in [1.82, 2.24) is 4.90 Å². The van der Waals surface area contributed by atoms with Gasteiger partial charge in [0, 0.05) is 25.8 Å². The van der Waals surface area contributed by atoms with E-state index in [2.05, 4.69) is 21.0 Å². The van der Waals surface area contributed by atoms with E-state index in [0.29, 0.717) is 19.4 Å². The average molecular weight is 386 g/mol. The number of likely N-dealkylation sites (tertiary alicyclic amines) is 1. The fourth-order valence-corrected chi connectivity index (χ4v) is 2.88. The van der Waals surface area contributed by atoms with Crippen molar-refractivity contribution in [2.24, 2.45) is 0 Å². The van der Waals surface area contributed by atoms with Crippen LogP contribution in [0.1, 0.15) is 31.7 Å². The monoisotopic (exact) mass is 385 g/mol. The standard InChI is InChI=1S/C11H21N2O2.C7H8O3S/c1-4-13(2,3)9-5-8-12-10(14)6-7-11(12)15;1-6-2-4-7(5-3-6)11(8,9)10/h4-9H2,1-3H3;2-5H,1H3,(H,8,9,10)/q+1;. The molecule has 8 heteroatoms. The van der Waals surface area contributed by atoms with Gasteiger partial charge in [-0.3, -0.25) is 19.0 Å². The minimum absolute atomic E-state index is 0.00167. The van der Waals surface area contributed by atoms with Crippen molar-refractivity contribution >= 4 is 21.9 Å². The molecule has 1 N–H and O–H groups in total. The van der Waals surface area contributed by atoms with Crippen LogP contribution in [0.4, 0.5) is 0 Å². The van der Waals surface area contributed by atoms with Crippen LogP contribution in [0.2, 0.25) is 0 Å². The molecule has 0 aliphatic carbocycles. The van der Waals surface area contributed by atoms with Gasteiger partial charge in [0.2, 0.25) is 11.8 Å². The molecular formula is C18H29N2O5S+. The van der Waals surface area contributed by atoms with Gasteiger partial charge in [-0.2, -0.15) is 8.42 Å². The van der Waals surface area contributed by atoms with E-state index >= 15 is 0 Å². The summed E-state index contributed by atoms with van der Waals surface area (Å²) in [6, 6.07) is 5.99. The van der Waals surface area contributed by atoms with Crippen LogP contribution in [0, 0.1) is 6.92 Å². The molecule has 1 fully saturated rings. The maximum atomic E-state index is 11.3. The van der Waals surface area contributed by atoms with E-state index in [1.165, 1.54) is 17.0 Å². The van der Waals surface area contributed by atoms with Crippen molar-refractivity contribution < 1.29 is 27.0 Å². The number of aryl methyl sites for hydroxylation is 1. The fourth-order valence-electron chi connectivity index (χ4n) is 2.40. The van der Waals surface area contributed by atoms with Gasteiger partial charge in [-0.15, -0.1) is 0 Å². The van der Waals surface area contributed by atoms with Gasteiger partial charge in [0.15, 0.2) is 0 Å². The van der Waals surface area contributed by atoms with Crippen LogP contribution < -0.4 is 0 Å². The van der Waals surface area contributed by atoms with Crippen LogP contribution in [0.5, 0.6) is 0 Å². The Kier molecular flexibility index (Phi) is 7.92. The molecule has 1 aromatic carbocycles. The van der Waals surface area contributed by atoms with Gasteiger partial charge in [-0.05, 0) is 26.0 Å². The Morgan fingerprint density at radius 1 is 1.08 bits per heavy atom. The van der Waals surface area contributed by atoms with Gasteiger partial charge in [0.25, 0.3) is 10.1 Å². The van der Waals surface area contributed by atoms with E-state index < -0.39 is 10.1 Å². The molecule has 1 aliphatic heterocycles. The third-order valence-corrected chi connectivity index (χ3v) is 5.34. The second kappa shape index (κ2) is 9.25. The zero-order valence-electron chi connectivity index (χ0n) is 15.9. The molecule has 1 heterocycles. The van der Waals surface area contributed by atoms with Crippen molar-refractivity contribution in [3.8, 4) is 0 Å². The molecule has 1 aliphatic rings. The molecule has 1 aromatic rings. The molecule has 1 saturated heterocycles. The third-order valence-electron chi connectivity index (χ3n) is 4.47. The zero-order chi connectivity index (χ0) is 20.0. The smallest absolute Gasteiger partial charge is 0.294 e. The second-order valence-corrected chi connectivity index (χ2v) is 8.48. The fraction of sp³-hybridized carbons (Fsp3) is 0.556. The van der Waals surface area contributed by atoms with Crippen LogP contribution >= 0.6 is 0 Å². The minimum atomic E-state index is -4.02. The Balaban J connectivity index is 0.000000273. The molecule has 2 rings (SSSR count). The number of imide groups is 1. The second-order valence-electron chi connectivity index (χ2n) is 7.06. The van der Waals surface area contributed by atoms with Gasteiger partial charge < -0.3 is 4.48 Å². The zero-order valence-corrected chi connectivity index (χ0v) is 16.8. The minimum Gasteiger partial charge on any atom is -0.329 e. The van der Waals surface area contributed by atoms with Crippen molar-refractivity contribution in [2.75, 3.05) is 33.7 Å². The summed E-state index contributed by atoms with van der Waals surface area (Å²) in [6.07, 6.45) is 1.72. The lowest BCUT2D eigenvalue weighted by Crippen LogP contribution is -2.42. The lowest BCUT2D eigenvalue weighted by Gasteiger charge is -2.28. The third kappa shape index (κ3) is 7.23. The molecular weight excluding hydrogens is 356 g/mol. The normalized spacial score (nSPS) is 15.0. The van der Waals surface area contributed by atoms with Gasteiger partial charge in [0.05, 0.1) is 32.1 Å². The highest BCUT2D eigenvalue weighted by molar-refractivity contribution is 7.85. The molecule has 0 bridgehead atoms. The Morgan fingerprint density at radius 3 is 2.00 bits per heavy atom. The maximum absolute atomic E-state index is 11.3. The first-order valence-electron chi connectivity index (χ1n) is 8.65. The molecule has 7 nitrogen and oxygen atoms in total. The van der Waals surface area contributed by atoms with Gasteiger partial charge in [-0.25, -0.2) is 0 Å². The molecule has 0 atom stereocenters. The molecule has 0 radical (unpaired) electrons. The number of amides is 2. The molecule has 0 spiro atoms. The summed E-state index contributed by atoms with van der Waals surface area (Å²) < 4.78 is 30.5. The highest BCUT2D eigenvalue weighted by Crippen LogP contribution is 2.12. The maximum Gasteiger partial charge on any atom is 0.294 e. The largest absolute Gasteiger partial charge is 0.329 e. The predicted molar refractivity (Wildman–Crippen MR) is 99.1 cm³/mol. The summed E-state index contributed by atoms with van der Waals surface area (Å²) in [7, 11) is 0.301. The highest BCUT2D eigenvalue weighted by Gasteiger charge is 2.28. The van der Waals surface area contributed by atoms with Crippen molar-refractivity contribution in [3.05, 3.63) is 29.8 Å². The van der Waals surface area contributed by atoms with Gasteiger partial charge in [0.1, 0.15) is 0 Å². The average Bonchev–Trinajstić information content (AvgIpc) is 2.87. The molecule has 0 aromatic heterocycles. The number of carbonyl (C=O) groups is 2.